The standard InChI is InChI=1S/C19H24N2O4/c1-2-12-7-9-19(10-8-12,18(24)25)21-17(23)14-3-5-15-13(11-14)4-6-16(22)20-15/h3,5,11-12H,2,4,6-10H2,1H3,(H,20,22)(H,21,23)(H,24,25). The molecule has 1 aromatic carbocycles. The lowest BCUT2D eigenvalue weighted by Crippen LogP contribution is -2.56. The van der Waals surface area contributed by atoms with Gasteiger partial charge in [0.2, 0.25) is 5.91 Å². The average molecular weight is 344 g/mol. The van der Waals surface area contributed by atoms with Crippen molar-refractivity contribution in [2.45, 2.75) is 57.4 Å². The van der Waals surface area contributed by atoms with Crippen LogP contribution in [0.2, 0.25) is 0 Å². The van der Waals surface area contributed by atoms with E-state index in [-0.39, 0.29) is 11.8 Å². The first-order valence-electron chi connectivity index (χ1n) is 8.92. The number of nitrogens with one attached hydrogen (secondary N) is 2. The second-order valence-electron chi connectivity index (χ2n) is 7.11. The van der Waals surface area contributed by atoms with Crippen molar-refractivity contribution < 1.29 is 19.5 Å². The van der Waals surface area contributed by atoms with Gasteiger partial charge in [-0.3, -0.25) is 9.59 Å². The predicted octanol–water partition coefficient (Wildman–Crippen LogP) is 2.72. The van der Waals surface area contributed by atoms with Gasteiger partial charge in [0, 0.05) is 17.7 Å². The number of carboxylic acid groups (broad SMARTS) is 1. The number of carbonyl (C=O) groups is 3. The van der Waals surface area contributed by atoms with E-state index < -0.39 is 11.5 Å². The largest absolute Gasteiger partial charge is 0.480 e. The Morgan fingerprint density at radius 1 is 1.28 bits per heavy atom. The number of carbonyl (C=O) groups excluding carboxylic acids is 2. The fraction of sp³-hybridized carbons (Fsp3) is 0.526. The summed E-state index contributed by atoms with van der Waals surface area (Å²) in [6.07, 6.45) is 4.60. The summed E-state index contributed by atoms with van der Waals surface area (Å²) in [5.74, 6) is -0.809. The number of fused-ring (bicyclic) bond motifs is 1. The fourth-order valence-electron chi connectivity index (χ4n) is 3.79. The van der Waals surface area contributed by atoms with Gasteiger partial charge in [0.05, 0.1) is 0 Å². The number of aliphatic carboxylic acids is 1. The van der Waals surface area contributed by atoms with Gasteiger partial charge >= 0.3 is 5.97 Å². The van der Waals surface area contributed by atoms with E-state index in [1.165, 1.54) is 0 Å². The van der Waals surface area contributed by atoms with Crippen LogP contribution < -0.4 is 10.6 Å². The van der Waals surface area contributed by atoms with E-state index in [1.807, 2.05) is 0 Å². The molecule has 134 valence electrons. The maximum atomic E-state index is 12.7. The Balaban J connectivity index is 1.76. The summed E-state index contributed by atoms with van der Waals surface area (Å²) in [7, 11) is 0. The monoisotopic (exact) mass is 344 g/mol. The molecule has 25 heavy (non-hydrogen) atoms. The van der Waals surface area contributed by atoms with Gasteiger partial charge in [-0.2, -0.15) is 0 Å². The minimum atomic E-state index is -1.17. The Kier molecular flexibility index (Phi) is 4.79. The first-order valence-corrected chi connectivity index (χ1v) is 8.92. The van der Waals surface area contributed by atoms with Crippen LogP contribution in [-0.4, -0.2) is 28.4 Å². The zero-order valence-corrected chi connectivity index (χ0v) is 14.4. The second kappa shape index (κ2) is 6.86. The van der Waals surface area contributed by atoms with Crippen molar-refractivity contribution in [1.82, 2.24) is 5.32 Å². The molecular weight excluding hydrogens is 320 g/mol. The van der Waals surface area contributed by atoms with Gasteiger partial charge in [0.15, 0.2) is 0 Å². The Hall–Kier alpha value is -2.37. The zero-order valence-electron chi connectivity index (χ0n) is 14.4. The highest BCUT2D eigenvalue weighted by Gasteiger charge is 2.43. The molecule has 0 unspecified atom stereocenters. The number of carboxylic acids is 1. The molecule has 6 heteroatoms. The molecule has 0 atom stereocenters. The number of hydrogen-bond donors (Lipinski definition) is 3. The highest BCUT2D eigenvalue weighted by molar-refractivity contribution is 6.00. The van der Waals surface area contributed by atoms with E-state index in [4.69, 9.17) is 0 Å². The van der Waals surface area contributed by atoms with Gasteiger partial charge in [-0.1, -0.05) is 13.3 Å². The predicted molar refractivity (Wildman–Crippen MR) is 93.5 cm³/mol. The Morgan fingerprint density at radius 2 is 2.00 bits per heavy atom. The van der Waals surface area contributed by atoms with Crippen LogP contribution in [0.1, 0.15) is 61.4 Å². The summed E-state index contributed by atoms with van der Waals surface area (Å²) < 4.78 is 0. The number of hydrogen-bond acceptors (Lipinski definition) is 3. The van der Waals surface area contributed by atoms with E-state index in [2.05, 4.69) is 17.6 Å². The molecule has 1 saturated carbocycles. The number of rotatable bonds is 4. The molecule has 3 N–H and O–H groups in total. The number of aryl methyl sites for hydroxylation is 1. The topological polar surface area (TPSA) is 95.5 Å². The quantitative estimate of drug-likeness (QED) is 0.782. The number of benzene rings is 1. The van der Waals surface area contributed by atoms with Crippen LogP contribution in [0.5, 0.6) is 0 Å². The average Bonchev–Trinajstić information content (AvgIpc) is 2.61. The summed E-state index contributed by atoms with van der Waals surface area (Å²) >= 11 is 0. The van der Waals surface area contributed by atoms with Crippen molar-refractivity contribution in [2.75, 3.05) is 5.32 Å². The zero-order chi connectivity index (χ0) is 18.0. The molecule has 0 saturated heterocycles. The fourth-order valence-corrected chi connectivity index (χ4v) is 3.79. The van der Waals surface area contributed by atoms with Gasteiger partial charge in [0.1, 0.15) is 5.54 Å². The van der Waals surface area contributed by atoms with E-state index in [0.717, 1.165) is 30.5 Å². The summed E-state index contributed by atoms with van der Waals surface area (Å²) in [5.41, 5.74) is 0.899. The molecule has 0 bridgehead atoms. The molecule has 0 spiro atoms. The van der Waals surface area contributed by atoms with E-state index in [9.17, 15) is 19.5 Å². The molecular formula is C19H24N2O4. The van der Waals surface area contributed by atoms with Crippen LogP contribution in [0.3, 0.4) is 0 Å². The molecule has 0 radical (unpaired) electrons. The Labute approximate surface area is 147 Å². The minimum Gasteiger partial charge on any atom is -0.480 e. The van der Waals surface area contributed by atoms with E-state index in [1.54, 1.807) is 18.2 Å². The molecule has 6 nitrogen and oxygen atoms in total. The summed E-state index contributed by atoms with van der Waals surface area (Å²) in [6.45, 7) is 2.11. The summed E-state index contributed by atoms with van der Waals surface area (Å²) in [4.78, 5) is 35.9. The smallest absolute Gasteiger partial charge is 0.329 e. The number of amides is 2. The molecule has 1 fully saturated rings. The third-order valence-electron chi connectivity index (χ3n) is 5.56. The van der Waals surface area contributed by atoms with Crippen molar-refractivity contribution >= 4 is 23.5 Å². The van der Waals surface area contributed by atoms with Crippen molar-refractivity contribution in [1.29, 1.82) is 0 Å². The molecule has 1 aliphatic heterocycles. The van der Waals surface area contributed by atoms with Crippen LogP contribution in [-0.2, 0) is 16.0 Å². The SMILES string of the molecule is CCC1CCC(NC(=O)c2ccc3c(c2)CCC(=O)N3)(C(=O)O)CC1. The van der Waals surface area contributed by atoms with Crippen LogP contribution in [0.15, 0.2) is 18.2 Å². The Bertz CT molecular complexity index is 705. The summed E-state index contributed by atoms with van der Waals surface area (Å²) in [5, 5.41) is 15.3. The maximum Gasteiger partial charge on any atom is 0.329 e. The van der Waals surface area contributed by atoms with Crippen molar-refractivity contribution in [3.63, 3.8) is 0 Å². The lowest BCUT2D eigenvalue weighted by Gasteiger charge is -2.37. The van der Waals surface area contributed by atoms with Crippen molar-refractivity contribution in [2.24, 2.45) is 5.92 Å². The maximum absolute atomic E-state index is 12.7. The van der Waals surface area contributed by atoms with Gasteiger partial charge in [-0.05, 0) is 61.8 Å². The van der Waals surface area contributed by atoms with Gasteiger partial charge in [0.25, 0.3) is 5.91 Å². The first kappa shape index (κ1) is 17.5. The van der Waals surface area contributed by atoms with Gasteiger partial charge < -0.3 is 15.7 Å². The van der Waals surface area contributed by atoms with Crippen molar-refractivity contribution in [3.05, 3.63) is 29.3 Å². The molecule has 1 aromatic rings. The number of anilines is 1. The molecule has 2 aliphatic rings. The lowest BCUT2D eigenvalue weighted by molar-refractivity contribution is -0.146. The molecule has 1 aliphatic carbocycles. The van der Waals surface area contributed by atoms with E-state index >= 15 is 0 Å². The van der Waals surface area contributed by atoms with Crippen LogP contribution in [0.4, 0.5) is 5.69 Å². The van der Waals surface area contributed by atoms with Crippen LogP contribution in [0, 0.1) is 5.92 Å². The molecule has 3 rings (SSSR count). The lowest BCUT2D eigenvalue weighted by atomic mass is 9.75. The first-order chi connectivity index (χ1) is 11.9. The molecule has 0 aromatic heterocycles. The van der Waals surface area contributed by atoms with Crippen molar-refractivity contribution in [3.8, 4) is 0 Å². The highest BCUT2D eigenvalue weighted by atomic mass is 16.4. The minimum absolute atomic E-state index is 0.0257. The van der Waals surface area contributed by atoms with Gasteiger partial charge in [-0.15, -0.1) is 0 Å². The second-order valence-corrected chi connectivity index (χ2v) is 7.11. The van der Waals surface area contributed by atoms with Crippen LogP contribution in [0.25, 0.3) is 0 Å². The molecule has 1 heterocycles. The third kappa shape index (κ3) is 3.52. The highest BCUT2D eigenvalue weighted by Crippen LogP contribution is 2.34. The van der Waals surface area contributed by atoms with Crippen LogP contribution >= 0.6 is 0 Å². The van der Waals surface area contributed by atoms with Gasteiger partial charge in [-0.25, -0.2) is 4.79 Å². The summed E-state index contributed by atoms with van der Waals surface area (Å²) in [6, 6.07) is 5.09. The molecule has 2 amide bonds. The normalized spacial score (nSPS) is 25.6. The van der Waals surface area contributed by atoms with E-state index in [0.29, 0.717) is 37.2 Å². The Morgan fingerprint density at radius 3 is 2.64 bits per heavy atom. The third-order valence-corrected chi connectivity index (χ3v) is 5.56.